The van der Waals surface area contributed by atoms with Gasteiger partial charge >= 0.3 is 5.97 Å². The lowest BCUT2D eigenvalue weighted by atomic mass is 9.74. The van der Waals surface area contributed by atoms with Crippen LogP contribution in [0, 0.1) is 0 Å². The summed E-state index contributed by atoms with van der Waals surface area (Å²) in [5, 5.41) is 10.1. The molecule has 5 nitrogen and oxygen atoms in total. The molecule has 0 radical (unpaired) electrons. The quantitative estimate of drug-likeness (QED) is 0.920. The van der Waals surface area contributed by atoms with E-state index in [2.05, 4.69) is 0 Å². The molecule has 1 saturated carbocycles. The molecule has 2 atom stereocenters. The molecule has 0 spiro atoms. The molecular weight excluding hydrogens is 308 g/mol. The fourth-order valence-corrected chi connectivity index (χ4v) is 4.75. The lowest BCUT2D eigenvalue weighted by Crippen LogP contribution is -2.34. The van der Waals surface area contributed by atoms with Crippen LogP contribution in [-0.4, -0.2) is 30.4 Å². The van der Waals surface area contributed by atoms with Gasteiger partial charge in [-0.3, -0.25) is 4.79 Å². The highest BCUT2D eigenvalue weighted by atomic mass is 16.5. The van der Waals surface area contributed by atoms with E-state index in [1.165, 1.54) is 0 Å². The summed E-state index contributed by atoms with van der Waals surface area (Å²) in [5.74, 6) is 1.48. The molecule has 4 rings (SSSR count). The zero-order chi connectivity index (χ0) is 17.1. The summed E-state index contributed by atoms with van der Waals surface area (Å²) < 4.78 is 17.8. The van der Waals surface area contributed by atoms with Crippen molar-refractivity contribution in [2.75, 3.05) is 7.11 Å². The summed E-state index contributed by atoms with van der Waals surface area (Å²) in [7, 11) is 1.65. The second-order valence-electron chi connectivity index (χ2n) is 7.38. The van der Waals surface area contributed by atoms with Gasteiger partial charge in [-0.15, -0.1) is 0 Å². The van der Waals surface area contributed by atoms with Crippen LogP contribution in [0.5, 0.6) is 17.2 Å². The maximum Gasteiger partial charge on any atom is 0.314 e. The van der Waals surface area contributed by atoms with E-state index in [0.29, 0.717) is 19.3 Å². The largest absolute Gasteiger partial charge is 0.492 e. The number of methoxy groups -OCH3 is 1. The van der Waals surface area contributed by atoms with Crippen molar-refractivity contribution in [2.24, 2.45) is 0 Å². The zero-order valence-electron chi connectivity index (χ0n) is 14.5. The summed E-state index contributed by atoms with van der Waals surface area (Å²) in [6.45, 7) is 4.03. The molecule has 130 valence electrons. The van der Waals surface area contributed by atoms with Gasteiger partial charge in [0.2, 0.25) is 0 Å². The molecule has 2 heterocycles. The minimum absolute atomic E-state index is 0.0276. The van der Waals surface area contributed by atoms with Crippen LogP contribution in [0.2, 0.25) is 0 Å². The van der Waals surface area contributed by atoms with Crippen LogP contribution in [0.4, 0.5) is 0 Å². The maximum atomic E-state index is 12.3. The number of benzene rings is 1. The molecule has 1 aliphatic carbocycles. The molecule has 1 aromatic carbocycles. The minimum atomic E-state index is -0.849. The van der Waals surface area contributed by atoms with Crippen LogP contribution in [0.1, 0.15) is 56.2 Å². The summed E-state index contributed by atoms with van der Waals surface area (Å²) in [6, 6.07) is 0. The summed E-state index contributed by atoms with van der Waals surface area (Å²) >= 11 is 0. The van der Waals surface area contributed by atoms with Crippen LogP contribution >= 0.6 is 0 Å². The first-order valence-corrected chi connectivity index (χ1v) is 8.81. The van der Waals surface area contributed by atoms with Crippen molar-refractivity contribution >= 4 is 5.97 Å². The van der Waals surface area contributed by atoms with Gasteiger partial charge in [-0.2, -0.15) is 0 Å². The second kappa shape index (κ2) is 5.30. The Balaban J connectivity index is 2.03. The van der Waals surface area contributed by atoms with Crippen LogP contribution in [-0.2, 0) is 23.1 Å². The molecule has 2 aliphatic heterocycles. The predicted molar refractivity (Wildman–Crippen MR) is 88.4 cm³/mol. The fraction of sp³-hybridized carbons (Fsp3) is 0.632. The molecule has 0 bridgehead atoms. The van der Waals surface area contributed by atoms with Crippen LogP contribution in [0.15, 0.2) is 0 Å². The third kappa shape index (κ3) is 1.96. The molecule has 0 aromatic heterocycles. The van der Waals surface area contributed by atoms with Gasteiger partial charge in [0.05, 0.1) is 12.5 Å². The number of carboxylic acid groups (broad SMARTS) is 1. The smallest absolute Gasteiger partial charge is 0.314 e. The maximum absolute atomic E-state index is 12.3. The SMILES string of the molecule is COc1c2c(c(C3(C(=O)O)CCCC3)c3c1OC(C)C3)OC(C)C2. The minimum Gasteiger partial charge on any atom is -0.492 e. The van der Waals surface area contributed by atoms with E-state index < -0.39 is 11.4 Å². The van der Waals surface area contributed by atoms with Crippen LogP contribution in [0.3, 0.4) is 0 Å². The van der Waals surface area contributed by atoms with Crippen molar-refractivity contribution in [3.8, 4) is 17.2 Å². The monoisotopic (exact) mass is 332 g/mol. The fourth-order valence-electron chi connectivity index (χ4n) is 4.75. The Hall–Kier alpha value is -1.91. The Kier molecular flexibility index (Phi) is 3.44. The first-order valence-electron chi connectivity index (χ1n) is 8.81. The van der Waals surface area contributed by atoms with E-state index in [-0.39, 0.29) is 12.2 Å². The average molecular weight is 332 g/mol. The van der Waals surface area contributed by atoms with E-state index in [4.69, 9.17) is 14.2 Å². The number of hydrogen-bond donors (Lipinski definition) is 1. The highest BCUT2D eigenvalue weighted by molar-refractivity contribution is 5.86. The highest BCUT2D eigenvalue weighted by Gasteiger charge is 2.50. The lowest BCUT2D eigenvalue weighted by Gasteiger charge is -2.29. The molecule has 5 heteroatoms. The first-order chi connectivity index (χ1) is 11.5. The standard InChI is InChI=1S/C19H24O5/c1-10-8-12-14(19(18(20)21)6-4-5-7-19)15-13(9-11(2)23-15)16(22-3)17(12)24-10/h10-11H,4-9H2,1-3H3,(H,20,21). The molecule has 1 N–H and O–H groups in total. The molecule has 3 aliphatic rings. The van der Waals surface area contributed by atoms with Gasteiger partial charge in [0, 0.05) is 29.5 Å². The van der Waals surface area contributed by atoms with E-state index in [9.17, 15) is 9.90 Å². The first kappa shape index (κ1) is 15.6. The predicted octanol–water partition coefficient (Wildman–Crippen LogP) is 3.24. The van der Waals surface area contributed by atoms with Crippen LogP contribution in [0.25, 0.3) is 0 Å². The third-order valence-electron chi connectivity index (χ3n) is 5.73. The molecule has 0 amide bonds. The Labute approximate surface area is 141 Å². The molecule has 2 unspecified atom stereocenters. The Morgan fingerprint density at radius 2 is 1.67 bits per heavy atom. The van der Waals surface area contributed by atoms with Gasteiger partial charge in [-0.1, -0.05) is 12.8 Å². The number of carboxylic acids is 1. The van der Waals surface area contributed by atoms with Gasteiger partial charge in [0.15, 0.2) is 11.5 Å². The average Bonchev–Trinajstić information content (AvgIpc) is 3.22. The van der Waals surface area contributed by atoms with Crippen molar-refractivity contribution in [3.05, 3.63) is 16.7 Å². The molecule has 1 fully saturated rings. The van der Waals surface area contributed by atoms with E-state index in [1.54, 1.807) is 7.11 Å². The molecule has 0 saturated heterocycles. The number of carbonyl (C=O) groups is 1. The van der Waals surface area contributed by atoms with Crippen molar-refractivity contribution in [1.29, 1.82) is 0 Å². The van der Waals surface area contributed by atoms with Gasteiger partial charge in [-0.25, -0.2) is 0 Å². The van der Waals surface area contributed by atoms with E-state index in [1.807, 2.05) is 13.8 Å². The normalized spacial score (nSPS) is 26.5. The number of hydrogen-bond acceptors (Lipinski definition) is 4. The number of rotatable bonds is 3. The summed E-state index contributed by atoms with van der Waals surface area (Å²) in [6.07, 6.45) is 4.70. The van der Waals surface area contributed by atoms with Crippen molar-refractivity contribution in [3.63, 3.8) is 0 Å². The van der Waals surface area contributed by atoms with E-state index in [0.717, 1.165) is 53.2 Å². The van der Waals surface area contributed by atoms with Gasteiger partial charge in [0.25, 0.3) is 0 Å². The van der Waals surface area contributed by atoms with Crippen molar-refractivity contribution < 1.29 is 24.1 Å². The molecule has 24 heavy (non-hydrogen) atoms. The zero-order valence-corrected chi connectivity index (χ0v) is 14.5. The lowest BCUT2D eigenvalue weighted by molar-refractivity contribution is -0.143. The number of ether oxygens (including phenoxy) is 3. The molecule has 1 aromatic rings. The topological polar surface area (TPSA) is 65.0 Å². The van der Waals surface area contributed by atoms with Crippen molar-refractivity contribution in [1.82, 2.24) is 0 Å². The molecular formula is C19H24O5. The number of fused-ring (bicyclic) bond motifs is 2. The Morgan fingerprint density at radius 3 is 2.25 bits per heavy atom. The highest BCUT2D eigenvalue weighted by Crippen LogP contribution is 2.57. The summed E-state index contributed by atoms with van der Waals surface area (Å²) in [5.41, 5.74) is 1.97. The van der Waals surface area contributed by atoms with E-state index >= 15 is 0 Å². The second-order valence-corrected chi connectivity index (χ2v) is 7.38. The van der Waals surface area contributed by atoms with Crippen LogP contribution < -0.4 is 14.2 Å². The summed E-state index contributed by atoms with van der Waals surface area (Å²) in [4.78, 5) is 12.3. The third-order valence-corrected chi connectivity index (χ3v) is 5.73. The number of aliphatic carboxylic acids is 1. The van der Waals surface area contributed by atoms with Gasteiger partial charge in [-0.05, 0) is 26.7 Å². The Bertz CT molecular complexity index is 663. The van der Waals surface area contributed by atoms with Crippen molar-refractivity contribution in [2.45, 2.75) is 70.0 Å². The van der Waals surface area contributed by atoms with Gasteiger partial charge in [0.1, 0.15) is 18.0 Å². The Morgan fingerprint density at radius 1 is 1.08 bits per heavy atom. The van der Waals surface area contributed by atoms with Gasteiger partial charge < -0.3 is 19.3 Å².